The van der Waals surface area contributed by atoms with E-state index in [-0.39, 0.29) is 0 Å². The molecule has 0 atom stereocenters. The van der Waals surface area contributed by atoms with Crippen molar-refractivity contribution in [3.05, 3.63) is 38.7 Å². The molecule has 4 heteroatoms. The van der Waals surface area contributed by atoms with Crippen LogP contribution in [0.5, 0.6) is 0 Å². The minimum Gasteiger partial charge on any atom is -0.429 e. The van der Waals surface area contributed by atoms with Gasteiger partial charge in [0.15, 0.2) is 8.37 Å². The van der Waals surface area contributed by atoms with Crippen molar-refractivity contribution in [1.82, 2.24) is 4.98 Å². The largest absolute Gasteiger partial charge is 0.429 e. The van der Waals surface area contributed by atoms with Gasteiger partial charge in [0, 0.05) is 28.2 Å². The molecule has 0 aliphatic rings. The first-order chi connectivity index (χ1) is 6.27. The van der Waals surface area contributed by atoms with Crippen LogP contribution in [-0.2, 0) is 0 Å². The van der Waals surface area contributed by atoms with Gasteiger partial charge in [-0.05, 0) is 28.1 Å². The van der Waals surface area contributed by atoms with Crippen LogP contribution in [0.3, 0.4) is 0 Å². The Bertz CT molecular complexity index is 393. The molecule has 0 unspecified atom stereocenters. The van der Waals surface area contributed by atoms with Crippen LogP contribution in [0.1, 0.15) is 0 Å². The molecule has 13 heavy (non-hydrogen) atoms. The molecule has 0 aliphatic carbocycles. The lowest BCUT2D eigenvalue weighted by Gasteiger charge is -1.91. The summed E-state index contributed by atoms with van der Waals surface area (Å²) in [5.74, 6) is 0.650. The highest BCUT2D eigenvalue weighted by atomic mass is 127. The van der Waals surface area contributed by atoms with E-state index in [1.165, 1.54) is 0 Å². The van der Waals surface area contributed by atoms with Gasteiger partial charge in [-0.15, -0.1) is 0 Å². The van der Waals surface area contributed by atoms with Gasteiger partial charge in [0.2, 0.25) is 5.89 Å². The Kier molecular flexibility index (Phi) is 2.69. The van der Waals surface area contributed by atoms with Crippen molar-refractivity contribution in [3.63, 3.8) is 0 Å². The van der Waals surface area contributed by atoms with Crippen molar-refractivity contribution in [2.75, 3.05) is 0 Å². The molecule has 1 aromatic carbocycles. The first-order valence-corrected chi connectivity index (χ1v) is 5.52. The van der Waals surface area contributed by atoms with Crippen LogP contribution in [0.15, 0.2) is 39.4 Å². The second-order valence-corrected chi connectivity index (χ2v) is 4.18. The van der Waals surface area contributed by atoms with Gasteiger partial charge in [-0.1, -0.05) is 18.2 Å². The molecular weight excluding hydrogens is 345 g/mol. The zero-order valence-electron chi connectivity index (χ0n) is 6.50. The van der Waals surface area contributed by atoms with Crippen LogP contribution in [0.2, 0.25) is 0 Å². The molecule has 2 rings (SSSR count). The summed E-state index contributed by atoms with van der Waals surface area (Å²) in [6.07, 6.45) is 0. The summed E-state index contributed by atoms with van der Waals surface area (Å²) in [7, 11) is 0. The van der Waals surface area contributed by atoms with Crippen LogP contribution >= 0.6 is 38.5 Å². The van der Waals surface area contributed by atoms with E-state index in [4.69, 9.17) is 4.42 Å². The first-order valence-electron chi connectivity index (χ1n) is 3.64. The predicted molar refractivity (Wildman–Crippen MR) is 62.4 cm³/mol. The first kappa shape index (κ1) is 9.21. The minimum atomic E-state index is 0.650. The molecule has 0 fully saturated rings. The van der Waals surface area contributed by atoms with Gasteiger partial charge < -0.3 is 4.42 Å². The summed E-state index contributed by atoms with van der Waals surface area (Å²) in [6.45, 7) is 0. The fraction of sp³-hybridized carbons (Fsp3) is 0. The maximum atomic E-state index is 5.43. The zero-order chi connectivity index (χ0) is 9.26. The highest BCUT2D eigenvalue weighted by Crippen LogP contribution is 2.25. The van der Waals surface area contributed by atoms with Crippen molar-refractivity contribution in [3.8, 4) is 11.5 Å². The fourth-order valence-corrected chi connectivity index (χ4v) is 1.56. The smallest absolute Gasteiger partial charge is 0.228 e. The molecule has 2 aromatic rings. The van der Waals surface area contributed by atoms with Crippen LogP contribution in [0.4, 0.5) is 0 Å². The van der Waals surface area contributed by atoms with E-state index < -0.39 is 0 Å². The monoisotopic (exact) mass is 349 g/mol. The highest BCUT2D eigenvalue weighted by molar-refractivity contribution is 14.1. The molecule has 0 spiro atoms. The Morgan fingerprint density at radius 3 is 2.46 bits per heavy atom. The lowest BCUT2D eigenvalue weighted by molar-refractivity contribution is 0.545. The van der Waals surface area contributed by atoms with Crippen molar-refractivity contribution >= 4 is 38.5 Å². The van der Waals surface area contributed by atoms with Gasteiger partial charge in [-0.2, -0.15) is 0 Å². The molecule has 66 valence electrons. The summed E-state index contributed by atoms with van der Waals surface area (Å²) < 4.78 is 6.96. The van der Waals surface area contributed by atoms with E-state index in [0.717, 1.165) is 13.9 Å². The number of nitrogens with zero attached hydrogens (tertiary/aromatic N) is 1. The van der Waals surface area contributed by atoms with Crippen LogP contribution in [0, 0.1) is 3.77 Å². The number of oxazole rings is 1. The molecule has 1 heterocycles. The van der Waals surface area contributed by atoms with E-state index >= 15 is 0 Å². The normalized spacial score (nSPS) is 10.3. The molecule has 0 radical (unpaired) electrons. The number of halogens is 2. The van der Waals surface area contributed by atoms with E-state index in [2.05, 4.69) is 43.5 Å². The van der Waals surface area contributed by atoms with Crippen LogP contribution in [0.25, 0.3) is 11.5 Å². The van der Waals surface area contributed by atoms with Gasteiger partial charge in [-0.25, -0.2) is 4.98 Å². The Hall–Kier alpha value is -0.360. The topological polar surface area (TPSA) is 26.0 Å². The van der Waals surface area contributed by atoms with Gasteiger partial charge in [0.25, 0.3) is 0 Å². The maximum Gasteiger partial charge on any atom is 0.228 e. The van der Waals surface area contributed by atoms with Crippen LogP contribution in [-0.4, -0.2) is 4.98 Å². The van der Waals surface area contributed by atoms with Gasteiger partial charge in [0.1, 0.15) is 0 Å². The third-order valence-electron chi connectivity index (χ3n) is 1.57. The third-order valence-corrected chi connectivity index (χ3v) is 3.58. The maximum absolute atomic E-state index is 5.43. The Morgan fingerprint density at radius 1 is 1.23 bits per heavy atom. The SMILES string of the molecule is Brc1nc(-c2ccccc2)oc1I. The molecular formula is C9H5BrINO. The third kappa shape index (κ3) is 1.94. The standard InChI is InChI=1S/C9H5BrINO/c10-7-8(11)13-9(12-7)6-4-2-1-3-5-6/h1-5H. The number of hydrogen-bond acceptors (Lipinski definition) is 2. The average Bonchev–Trinajstić information content (AvgIpc) is 2.49. The van der Waals surface area contributed by atoms with E-state index in [1.807, 2.05) is 30.3 Å². The average molecular weight is 350 g/mol. The zero-order valence-corrected chi connectivity index (χ0v) is 10.2. The number of benzene rings is 1. The summed E-state index contributed by atoms with van der Waals surface area (Å²) in [5.41, 5.74) is 0.992. The van der Waals surface area contributed by atoms with E-state index in [9.17, 15) is 0 Å². The highest BCUT2D eigenvalue weighted by Gasteiger charge is 2.08. The van der Waals surface area contributed by atoms with Gasteiger partial charge in [0.05, 0.1) is 0 Å². The Morgan fingerprint density at radius 2 is 1.92 bits per heavy atom. The van der Waals surface area contributed by atoms with Crippen molar-refractivity contribution in [2.24, 2.45) is 0 Å². The van der Waals surface area contributed by atoms with Crippen LogP contribution < -0.4 is 0 Å². The molecule has 0 aliphatic heterocycles. The number of aromatic nitrogens is 1. The Balaban J connectivity index is 2.48. The summed E-state index contributed by atoms with van der Waals surface area (Å²) in [6, 6.07) is 9.82. The lowest BCUT2D eigenvalue weighted by Crippen LogP contribution is -1.74. The van der Waals surface area contributed by atoms with E-state index in [1.54, 1.807) is 0 Å². The summed E-state index contributed by atoms with van der Waals surface area (Å²) in [5, 5.41) is 0. The second-order valence-electron chi connectivity index (χ2n) is 2.45. The number of rotatable bonds is 1. The molecule has 0 saturated heterocycles. The second kappa shape index (κ2) is 3.79. The molecule has 0 N–H and O–H groups in total. The van der Waals surface area contributed by atoms with Gasteiger partial charge >= 0.3 is 0 Å². The molecule has 0 amide bonds. The minimum absolute atomic E-state index is 0.650. The van der Waals surface area contributed by atoms with Crippen molar-refractivity contribution in [1.29, 1.82) is 0 Å². The summed E-state index contributed by atoms with van der Waals surface area (Å²) in [4.78, 5) is 4.22. The lowest BCUT2D eigenvalue weighted by atomic mass is 10.2. The quantitative estimate of drug-likeness (QED) is 0.733. The molecule has 0 bridgehead atoms. The fourth-order valence-electron chi connectivity index (χ4n) is 0.987. The molecule has 2 nitrogen and oxygen atoms in total. The van der Waals surface area contributed by atoms with Crippen molar-refractivity contribution in [2.45, 2.75) is 0 Å². The number of hydrogen-bond donors (Lipinski definition) is 0. The Labute approximate surface area is 97.6 Å². The molecule has 1 aromatic heterocycles. The molecule has 0 saturated carbocycles. The van der Waals surface area contributed by atoms with Gasteiger partial charge in [-0.3, -0.25) is 0 Å². The summed E-state index contributed by atoms with van der Waals surface area (Å²) >= 11 is 5.40. The predicted octanol–water partition coefficient (Wildman–Crippen LogP) is 3.71. The van der Waals surface area contributed by atoms with Crippen molar-refractivity contribution < 1.29 is 4.42 Å². The van der Waals surface area contributed by atoms with E-state index in [0.29, 0.717) is 5.89 Å².